The van der Waals surface area contributed by atoms with E-state index in [1.807, 2.05) is 20.2 Å². The van der Waals surface area contributed by atoms with Crippen molar-refractivity contribution in [3.8, 4) is 0 Å². The molecule has 3 heteroatoms. The molecule has 1 unspecified atom stereocenters. The van der Waals surface area contributed by atoms with Crippen LogP contribution in [0.25, 0.3) is 0 Å². The number of nitrogens with zero attached hydrogens (tertiary/aromatic N) is 1. The number of benzene rings is 1. The Labute approximate surface area is 107 Å². The average molecular weight is 246 g/mol. The molecule has 2 aromatic rings. The molecule has 0 spiro atoms. The van der Waals surface area contributed by atoms with Gasteiger partial charge in [-0.3, -0.25) is 0 Å². The molecule has 0 aliphatic rings. The Morgan fingerprint density at radius 2 is 2.00 bits per heavy atom. The van der Waals surface area contributed by atoms with Gasteiger partial charge in [0.2, 0.25) is 0 Å². The Hall–Kier alpha value is -1.19. The lowest BCUT2D eigenvalue weighted by atomic mass is 9.98. The first-order chi connectivity index (χ1) is 8.11. The second-order valence-electron chi connectivity index (χ2n) is 4.36. The fraction of sp³-hybridized carbons (Fsp3) is 0.357. The molecule has 90 valence electrons. The molecule has 2 rings (SSSR count). The summed E-state index contributed by atoms with van der Waals surface area (Å²) in [6, 6.07) is 6.85. The fourth-order valence-electron chi connectivity index (χ4n) is 2.03. The molecule has 1 aromatic heterocycles. The summed E-state index contributed by atoms with van der Waals surface area (Å²) in [6.45, 7) is 6.34. The van der Waals surface area contributed by atoms with Crippen molar-refractivity contribution >= 4 is 11.3 Å². The van der Waals surface area contributed by atoms with Crippen LogP contribution >= 0.6 is 11.3 Å². The zero-order valence-corrected chi connectivity index (χ0v) is 11.6. The van der Waals surface area contributed by atoms with Crippen molar-refractivity contribution in [3.05, 3.63) is 51.0 Å². The molecule has 17 heavy (non-hydrogen) atoms. The van der Waals surface area contributed by atoms with Gasteiger partial charge in [-0.05, 0) is 38.9 Å². The topological polar surface area (TPSA) is 24.9 Å². The highest BCUT2D eigenvalue weighted by Crippen LogP contribution is 2.29. The molecule has 0 saturated carbocycles. The van der Waals surface area contributed by atoms with Gasteiger partial charge in [-0.25, -0.2) is 4.98 Å². The molecule has 2 nitrogen and oxygen atoms in total. The predicted molar refractivity (Wildman–Crippen MR) is 73.7 cm³/mol. The van der Waals surface area contributed by atoms with Crippen molar-refractivity contribution < 1.29 is 0 Å². The summed E-state index contributed by atoms with van der Waals surface area (Å²) < 4.78 is 0. The van der Waals surface area contributed by atoms with Gasteiger partial charge in [0.1, 0.15) is 0 Å². The van der Waals surface area contributed by atoms with E-state index in [1.54, 1.807) is 11.3 Å². The minimum atomic E-state index is 0.251. The summed E-state index contributed by atoms with van der Waals surface area (Å²) in [5.74, 6) is 0. The molecule has 0 bridgehead atoms. The Bertz CT molecular complexity index is 517. The first-order valence-electron chi connectivity index (χ1n) is 5.78. The largest absolute Gasteiger partial charge is 0.309 e. The van der Waals surface area contributed by atoms with E-state index in [0.29, 0.717) is 0 Å². The minimum absolute atomic E-state index is 0.251. The Morgan fingerprint density at radius 3 is 2.59 bits per heavy atom. The van der Waals surface area contributed by atoms with Gasteiger partial charge in [-0.1, -0.05) is 23.8 Å². The van der Waals surface area contributed by atoms with Crippen molar-refractivity contribution in [2.24, 2.45) is 0 Å². The number of rotatable bonds is 3. The standard InChI is InChI=1S/C14H18N2S/c1-9-5-6-10(2)12(7-9)14(15-4)13-8-16-11(3)17-13/h5-8,14-15H,1-4H3. The summed E-state index contributed by atoms with van der Waals surface area (Å²) in [7, 11) is 2.00. The van der Waals surface area contributed by atoms with Gasteiger partial charge in [0, 0.05) is 11.1 Å². The van der Waals surface area contributed by atoms with E-state index >= 15 is 0 Å². The molecule has 0 aliphatic carbocycles. The molecule has 0 aliphatic heterocycles. The van der Waals surface area contributed by atoms with Gasteiger partial charge >= 0.3 is 0 Å². The van der Waals surface area contributed by atoms with E-state index in [0.717, 1.165) is 5.01 Å². The summed E-state index contributed by atoms with van der Waals surface area (Å²) in [6.07, 6.45) is 1.98. The molecule has 0 fully saturated rings. The van der Waals surface area contributed by atoms with Crippen LogP contribution in [0.15, 0.2) is 24.4 Å². The van der Waals surface area contributed by atoms with Gasteiger partial charge < -0.3 is 5.32 Å². The zero-order chi connectivity index (χ0) is 12.4. The number of aryl methyl sites for hydroxylation is 3. The number of hydrogen-bond donors (Lipinski definition) is 1. The third-order valence-electron chi connectivity index (χ3n) is 2.96. The van der Waals surface area contributed by atoms with Crippen molar-refractivity contribution in [2.45, 2.75) is 26.8 Å². The molecule has 1 heterocycles. The van der Waals surface area contributed by atoms with Gasteiger partial charge in [-0.2, -0.15) is 0 Å². The molecule has 0 radical (unpaired) electrons. The van der Waals surface area contributed by atoms with Crippen LogP contribution in [0.1, 0.15) is 32.6 Å². The monoisotopic (exact) mass is 246 g/mol. The quantitative estimate of drug-likeness (QED) is 0.898. The summed E-state index contributed by atoms with van der Waals surface area (Å²) in [5, 5.41) is 4.50. The van der Waals surface area contributed by atoms with Crippen LogP contribution in [-0.2, 0) is 0 Å². The molecule has 0 saturated heterocycles. The Balaban J connectivity index is 2.45. The molecular weight excluding hydrogens is 228 g/mol. The van der Waals surface area contributed by atoms with E-state index in [9.17, 15) is 0 Å². The van der Waals surface area contributed by atoms with Crippen LogP contribution < -0.4 is 5.32 Å². The smallest absolute Gasteiger partial charge is 0.0897 e. The van der Waals surface area contributed by atoms with Crippen molar-refractivity contribution in [1.29, 1.82) is 0 Å². The highest BCUT2D eigenvalue weighted by atomic mass is 32.1. The maximum atomic E-state index is 4.34. The second-order valence-corrected chi connectivity index (χ2v) is 5.63. The number of thiazole rings is 1. The van der Waals surface area contributed by atoms with Crippen LogP contribution in [-0.4, -0.2) is 12.0 Å². The SMILES string of the molecule is CNC(c1cnc(C)s1)c1cc(C)ccc1C. The highest BCUT2D eigenvalue weighted by molar-refractivity contribution is 7.11. The first kappa shape index (κ1) is 12.3. The fourth-order valence-corrected chi connectivity index (χ4v) is 2.95. The van der Waals surface area contributed by atoms with E-state index in [1.165, 1.54) is 21.6 Å². The van der Waals surface area contributed by atoms with Crippen LogP contribution in [0.5, 0.6) is 0 Å². The van der Waals surface area contributed by atoms with Crippen LogP contribution in [0, 0.1) is 20.8 Å². The van der Waals surface area contributed by atoms with Gasteiger partial charge in [-0.15, -0.1) is 11.3 Å². The zero-order valence-electron chi connectivity index (χ0n) is 10.7. The maximum Gasteiger partial charge on any atom is 0.0897 e. The van der Waals surface area contributed by atoms with Crippen molar-refractivity contribution in [3.63, 3.8) is 0 Å². The minimum Gasteiger partial charge on any atom is -0.309 e. The summed E-state index contributed by atoms with van der Waals surface area (Å²) in [4.78, 5) is 5.62. The van der Waals surface area contributed by atoms with Crippen LogP contribution in [0.4, 0.5) is 0 Å². The number of aromatic nitrogens is 1. The first-order valence-corrected chi connectivity index (χ1v) is 6.60. The molecule has 0 amide bonds. The highest BCUT2D eigenvalue weighted by Gasteiger charge is 2.16. The van der Waals surface area contributed by atoms with Crippen molar-refractivity contribution in [2.75, 3.05) is 7.05 Å². The summed E-state index contributed by atoms with van der Waals surface area (Å²) >= 11 is 1.76. The van der Waals surface area contributed by atoms with E-state index < -0.39 is 0 Å². The molecule has 1 atom stereocenters. The van der Waals surface area contributed by atoms with E-state index in [-0.39, 0.29) is 6.04 Å². The van der Waals surface area contributed by atoms with Crippen LogP contribution in [0.3, 0.4) is 0 Å². The molecule has 1 aromatic carbocycles. The lowest BCUT2D eigenvalue weighted by Gasteiger charge is -2.17. The second kappa shape index (κ2) is 4.98. The average Bonchev–Trinajstić information content (AvgIpc) is 2.71. The van der Waals surface area contributed by atoms with E-state index in [4.69, 9.17) is 0 Å². The lowest BCUT2D eigenvalue weighted by molar-refractivity contribution is 0.697. The number of nitrogens with one attached hydrogen (secondary N) is 1. The van der Waals surface area contributed by atoms with Gasteiger partial charge in [0.15, 0.2) is 0 Å². The Morgan fingerprint density at radius 1 is 1.24 bits per heavy atom. The van der Waals surface area contributed by atoms with Crippen molar-refractivity contribution in [1.82, 2.24) is 10.3 Å². The van der Waals surface area contributed by atoms with Gasteiger partial charge in [0.05, 0.1) is 11.0 Å². The molecule has 1 N–H and O–H groups in total. The number of hydrogen-bond acceptors (Lipinski definition) is 3. The summed E-state index contributed by atoms with van der Waals surface area (Å²) in [5.41, 5.74) is 3.96. The predicted octanol–water partition coefficient (Wildman–Crippen LogP) is 3.38. The Kier molecular flexibility index (Phi) is 3.60. The maximum absolute atomic E-state index is 4.34. The third-order valence-corrected chi connectivity index (χ3v) is 3.94. The van der Waals surface area contributed by atoms with Gasteiger partial charge in [0.25, 0.3) is 0 Å². The third kappa shape index (κ3) is 2.56. The van der Waals surface area contributed by atoms with Crippen LogP contribution in [0.2, 0.25) is 0 Å². The normalized spacial score (nSPS) is 12.7. The van der Waals surface area contributed by atoms with E-state index in [2.05, 4.69) is 42.3 Å². The molecular formula is C14H18N2S. The lowest BCUT2D eigenvalue weighted by Crippen LogP contribution is -2.17.